The first-order valence-electron chi connectivity index (χ1n) is 17.9. The van der Waals surface area contributed by atoms with Gasteiger partial charge in [-0.15, -0.1) is 11.3 Å². The second-order valence-corrected chi connectivity index (χ2v) is 14.4. The molecule has 6 heteroatoms. The number of hydrogen-bond acceptors (Lipinski definition) is 6. The molecule has 0 fully saturated rings. The number of hydrogen-bond donors (Lipinski definition) is 0. The lowest BCUT2D eigenvalue weighted by molar-refractivity contribution is 0.669. The summed E-state index contributed by atoms with van der Waals surface area (Å²) in [5.41, 5.74) is 9.76. The van der Waals surface area contributed by atoms with E-state index in [4.69, 9.17) is 24.4 Å². The Kier molecular flexibility index (Phi) is 6.97. The molecule has 0 aliphatic carbocycles. The van der Waals surface area contributed by atoms with Crippen LogP contribution in [0.4, 0.5) is 0 Å². The third kappa shape index (κ3) is 4.99. The number of benzene rings is 7. The van der Waals surface area contributed by atoms with Gasteiger partial charge in [0, 0.05) is 53.9 Å². The number of nitrogens with zero attached hydrogens (tertiary/aromatic N) is 4. The molecule has 11 rings (SSSR count). The Labute approximate surface area is 313 Å². The van der Waals surface area contributed by atoms with Crippen LogP contribution in [0, 0.1) is 0 Å². The summed E-state index contributed by atoms with van der Waals surface area (Å²) in [6, 6.07) is 58.5. The number of thiophene rings is 1. The molecule has 0 amide bonds. The van der Waals surface area contributed by atoms with Gasteiger partial charge < -0.3 is 4.42 Å². The van der Waals surface area contributed by atoms with E-state index in [0.717, 1.165) is 66.5 Å². The Hall–Kier alpha value is -7.02. The van der Waals surface area contributed by atoms with Crippen LogP contribution in [0.1, 0.15) is 0 Å². The number of aromatic nitrogens is 4. The third-order valence-electron chi connectivity index (χ3n) is 10.2. The van der Waals surface area contributed by atoms with Crippen molar-refractivity contribution in [3.05, 3.63) is 170 Å². The van der Waals surface area contributed by atoms with Gasteiger partial charge in [0.15, 0.2) is 17.5 Å². The molecule has 4 aromatic heterocycles. The van der Waals surface area contributed by atoms with Crippen molar-refractivity contribution in [3.8, 4) is 56.5 Å². The van der Waals surface area contributed by atoms with Gasteiger partial charge in [-0.1, -0.05) is 146 Å². The van der Waals surface area contributed by atoms with E-state index in [-0.39, 0.29) is 0 Å². The fraction of sp³-hybridized carbons (Fsp3) is 0. The van der Waals surface area contributed by atoms with Gasteiger partial charge in [0.2, 0.25) is 0 Å². The van der Waals surface area contributed by atoms with Crippen LogP contribution in [0.15, 0.2) is 174 Å². The Morgan fingerprint density at radius 1 is 0.370 bits per heavy atom. The van der Waals surface area contributed by atoms with Crippen LogP contribution in [0.25, 0.3) is 110 Å². The smallest absolute Gasteiger partial charge is 0.164 e. The molecule has 252 valence electrons. The molecule has 0 saturated carbocycles. The average molecular weight is 709 g/mol. The van der Waals surface area contributed by atoms with E-state index in [2.05, 4.69) is 115 Å². The minimum atomic E-state index is 0.614. The van der Waals surface area contributed by atoms with Crippen molar-refractivity contribution in [3.63, 3.8) is 0 Å². The van der Waals surface area contributed by atoms with E-state index in [9.17, 15) is 0 Å². The molecular formula is C48H28N4OS. The molecule has 0 aliphatic heterocycles. The predicted octanol–water partition coefficient (Wildman–Crippen LogP) is 13.0. The lowest BCUT2D eigenvalue weighted by atomic mass is 9.98. The van der Waals surface area contributed by atoms with E-state index in [1.165, 1.54) is 25.6 Å². The lowest BCUT2D eigenvalue weighted by Crippen LogP contribution is -2.00. The maximum Gasteiger partial charge on any atom is 0.164 e. The van der Waals surface area contributed by atoms with Crippen LogP contribution in [0.5, 0.6) is 0 Å². The highest BCUT2D eigenvalue weighted by molar-refractivity contribution is 7.26. The lowest BCUT2D eigenvalue weighted by Gasteiger charge is -2.10. The van der Waals surface area contributed by atoms with Crippen LogP contribution in [-0.2, 0) is 0 Å². The maximum absolute atomic E-state index is 6.17. The molecule has 11 aromatic rings. The molecule has 0 aliphatic rings. The summed E-state index contributed by atoms with van der Waals surface area (Å²) < 4.78 is 8.62. The molecule has 0 saturated heterocycles. The zero-order valence-corrected chi connectivity index (χ0v) is 29.6. The van der Waals surface area contributed by atoms with Gasteiger partial charge in [0.1, 0.15) is 11.2 Å². The van der Waals surface area contributed by atoms with E-state index < -0.39 is 0 Å². The molecule has 0 N–H and O–H groups in total. The summed E-state index contributed by atoms with van der Waals surface area (Å²) in [4.78, 5) is 20.2. The van der Waals surface area contributed by atoms with Crippen LogP contribution >= 0.6 is 11.3 Å². The minimum Gasteiger partial charge on any atom is -0.456 e. The summed E-state index contributed by atoms with van der Waals surface area (Å²) in [6.45, 7) is 0. The summed E-state index contributed by atoms with van der Waals surface area (Å²) in [7, 11) is 0. The van der Waals surface area contributed by atoms with E-state index in [1.54, 1.807) is 11.3 Å². The molecule has 54 heavy (non-hydrogen) atoms. The molecule has 5 nitrogen and oxygen atoms in total. The average Bonchev–Trinajstić information content (AvgIpc) is 3.83. The van der Waals surface area contributed by atoms with Crippen LogP contribution in [0.2, 0.25) is 0 Å². The quantitative estimate of drug-likeness (QED) is 0.178. The Bertz CT molecular complexity index is 3200. The summed E-state index contributed by atoms with van der Waals surface area (Å²) in [5.74, 6) is 1.86. The first-order valence-corrected chi connectivity index (χ1v) is 18.7. The topological polar surface area (TPSA) is 64.7 Å². The van der Waals surface area contributed by atoms with Crippen molar-refractivity contribution in [2.45, 2.75) is 0 Å². The molecule has 0 bridgehead atoms. The second kappa shape index (κ2) is 12.3. The monoisotopic (exact) mass is 708 g/mol. The SMILES string of the molecule is c1ccc(-c2nc(-c3ccc(-c4nc5ccccc5c5c4sc4ccccc45)cc3)nc(-c3ccc(-c4cccc5oc6ccccc6c45)cc3)n2)cc1. The molecular weight excluding hydrogens is 681 g/mol. The Balaban J connectivity index is 1.01. The largest absolute Gasteiger partial charge is 0.456 e. The van der Waals surface area contributed by atoms with Crippen LogP contribution in [0.3, 0.4) is 0 Å². The van der Waals surface area contributed by atoms with Crippen molar-refractivity contribution < 1.29 is 4.42 Å². The van der Waals surface area contributed by atoms with Crippen molar-refractivity contribution >= 4 is 64.4 Å². The fourth-order valence-electron chi connectivity index (χ4n) is 7.57. The first-order chi connectivity index (χ1) is 26.7. The summed E-state index contributed by atoms with van der Waals surface area (Å²) in [6.07, 6.45) is 0. The van der Waals surface area contributed by atoms with Crippen molar-refractivity contribution in [1.82, 2.24) is 19.9 Å². The van der Waals surface area contributed by atoms with Gasteiger partial charge in [-0.05, 0) is 35.4 Å². The molecule has 0 spiro atoms. The van der Waals surface area contributed by atoms with Crippen LogP contribution < -0.4 is 0 Å². The van der Waals surface area contributed by atoms with Gasteiger partial charge in [-0.25, -0.2) is 19.9 Å². The fourth-order valence-corrected chi connectivity index (χ4v) is 8.80. The molecule has 0 atom stereocenters. The number of fused-ring (bicyclic) bond motifs is 8. The van der Waals surface area contributed by atoms with Crippen LogP contribution in [-0.4, -0.2) is 19.9 Å². The zero-order chi connectivity index (χ0) is 35.6. The molecule has 4 heterocycles. The van der Waals surface area contributed by atoms with E-state index in [1.807, 2.05) is 54.6 Å². The second-order valence-electron chi connectivity index (χ2n) is 13.4. The maximum atomic E-state index is 6.17. The third-order valence-corrected chi connectivity index (χ3v) is 11.3. The molecule has 7 aromatic carbocycles. The summed E-state index contributed by atoms with van der Waals surface area (Å²) in [5, 5.41) is 5.93. The van der Waals surface area contributed by atoms with Crippen molar-refractivity contribution in [1.29, 1.82) is 0 Å². The number of para-hydroxylation sites is 2. The highest BCUT2D eigenvalue weighted by atomic mass is 32.1. The van der Waals surface area contributed by atoms with Gasteiger partial charge >= 0.3 is 0 Å². The number of rotatable bonds is 5. The standard InChI is InChI=1S/C48H28N4OS/c1-2-11-31(12-3-1)46-50-47(32-25-21-29(22-26-32)34-16-10-19-40-42(34)36-14-5-8-18-39(36)53-40)52-48(51-46)33-27-23-30(24-28-33)44-45-43(35-13-4-7-17-38(35)49-44)37-15-6-9-20-41(37)54-45/h1-28H. The number of pyridine rings is 1. The zero-order valence-electron chi connectivity index (χ0n) is 28.8. The Morgan fingerprint density at radius 3 is 1.67 bits per heavy atom. The van der Waals surface area contributed by atoms with E-state index >= 15 is 0 Å². The van der Waals surface area contributed by atoms with Gasteiger partial charge in [-0.3, -0.25) is 0 Å². The van der Waals surface area contributed by atoms with E-state index in [0.29, 0.717) is 17.5 Å². The minimum absolute atomic E-state index is 0.614. The van der Waals surface area contributed by atoms with Gasteiger partial charge in [0.25, 0.3) is 0 Å². The predicted molar refractivity (Wildman–Crippen MR) is 222 cm³/mol. The Morgan fingerprint density at radius 2 is 0.926 bits per heavy atom. The van der Waals surface area contributed by atoms with Gasteiger partial charge in [0.05, 0.1) is 15.9 Å². The highest BCUT2D eigenvalue weighted by Gasteiger charge is 2.18. The van der Waals surface area contributed by atoms with Crippen molar-refractivity contribution in [2.24, 2.45) is 0 Å². The van der Waals surface area contributed by atoms with Crippen molar-refractivity contribution in [2.75, 3.05) is 0 Å². The first kappa shape index (κ1) is 30.6. The molecule has 0 unspecified atom stereocenters. The highest BCUT2D eigenvalue weighted by Crippen LogP contribution is 2.43. The normalized spacial score (nSPS) is 11.7. The number of furan rings is 1. The summed E-state index contributed by atoms with van der Waals surface area (Å²) >= 11 is 1.80. The molecule has 0 radical (unpaired) electrons. The van der Waals surface area contributed by atoms with Gasteiger partial charge in [-0.2, -0.15) is 0 Å².